The van der Waals surface area contributed by atoms with E-state index < -0.39 is 0 Å². The Bertz CT molecular complexity index is 306. The first kappa shape index (κ1) is 12.6. The predicted octanol–water partition coefficient (Wildman–Crippen LogP) is 2.51. The number of hydrogen-bond donors (Lipinski definition) is 2. The van der Waals surface area contributed by atoms with E-state index in [0.717, 1.165) is 32.2 Å². The van der Waals surface area contributed by atoms with E-state index in [9.17, 15) is 5.11 Å². The molecule has 0 aliphatic carbocycles. The number of aliphatic hydroxyl groups is 1. The molecule has 0 radical (unpaired) electrons. The summed E-state index contributed by atoms with van der Waals surface area (Å²) in [7, 11) is 0. The Balaban J connectivity index is 1.67. The van der Waals surface area contributed by atoms with Gasteiger partial charge in [-0.2, -0.15) is 0 Å². The molecule has 2 heteroatoms. The van der Waals surface area contributed by atoms with Gasteiger partial charge in [-0.25, -0.2) is 0 Å². The van der Waals surface area contributed by atoms with E-state index in [1.165, 1.54) is 18.4 Å². The Morgan fingerprint density at radius 2 is 2.06 bits per heavy atom. The van der Waals surface area contributed by atoms with E-state index in [1.807, 2.05) is 6.07 Å². The van der Waals surface area contributed by atoms with Crippen LogP contribution in [-0.4, -0.2) is 23.8 Å². The zero-order valence-corrected chi connectivity index (χ0v) is 10.4. The lowest BCUT2D eigenvalue weighted by molar-refractivity contribution is 0.103. The van der Waals surface area contributed by atoms with Crippen LogP contribution in [0.4, 0.5) is 0 Å². The average molecular weight is 233 g/mol. The van der Waals surface area contributed by atoms with Gasteiger partial charge in [0.25, 0.3) is 0 Å². The molecule has 2 nitrogen and oxygen atoms in total. The summed E-state index contributed by atoms with van der Waals surface area (Å²) in [6.07, 6.45) is 6.53. The van der Waals surface area contributed by atoms with Gasteiger partial charge in [0.2, 0.25) is 0 Å². The van der Waals surface area contributed by atoms with Crippen LogP contribution >= 0.6 is 0 Å². The number of rotatable bonds is 5. The molecule has 0 aromatic heterocycles. The Kier molecular flexibility index (Phi) is 5.02. The van der Waals surface area contributed by atoms with Crippen molar-refractivity contribution >= 4 is 0 Å². The third-order valence-electron chi connectivity index (χ3n) is 3.62. The minimum Gasteiger partial charge on any atom is -0.392 e. The van der Waals surface area contributed by atoms with E-state index in [2.05, 4.69) is 29.6 Å². The minimum absolute atomic E-state index is 0.168. The molecule has 1 aromatic carbocycles. The van der Waals surface area contributed by atoms with E-state index >= 15 is 0 Å². The Labute approximate surface area is 104 Å². The van der Waals surface area contributed by atoms with Crippen LogP contribution in [0.2, 0.25) is 0 Å². The molecule has 0 saturated carbocycles. The van der Waals surface area contributed by atoms with Crippen molar-refractivity contribution in [3.63, 3.8) is 0 Å². The molecule has 2 atom stereocenters. The Hall–Kier alpha value is -0.860. The molecule has 0 amide bonds. The molecular weight excluding hydrogens is 210 g/mol. The fourth-order valence-electron chi connectivity index (χ4n) is 2.57. The van der Waals surface area contributed by atoms with Crippen LogP contribution < -0.4 is 5.32 Å². The smallest absolute Gasteiger partial charge is 0.0693 e. The highest BCUT2D eigenvalue weighted by Crippen LogP contribution is 2.15. The molecule has 1 saturated heterocycles. The van der Waals surface area contributed by atoms with Crippen molar-refractivity contribution in [1.82, 2.24) is 5.32 Å². The van der Waals surface area contributed by atoms with E-state index in [1.54, 1.807) is 0 Å². The molecule has 1 aliphatic heterocycles. The third kappa shape index (κ3) is 4.14. The molecule has 0 spiro atoms. The maximum Gasteiger partial charge on any atom is 0.0693 e. The molecule has 1 fully saturated rings. The highest BCUT2D eigenvalue weighted by molar-refractivity contribution is 5.14. The van der Waals surface area contributed by atoms with Gasteiger partial charge in [0.1, 0.15) is 0 Å². The van der Waals surface area contributed by atoms with E-state index in [-0.39, 0.29) is 6.10 Å². The molecule has 17 heavy (non-hydrogen) atoms. The normalized spacial score (nSPS) is 22.3. The van der Waals surface area contributed by atoms with Crippen LogP contribution in [0.3, 0.4) is 0 Å². The van der Waals surface area contributed by atoms with Crippen LogP contribution in [0.5, 0.6) is 0 Å². The third-order valence-corrected chi connectivity index (χ3v) is 3.62. The van der Waals surface area contributed by atoms with Gasteiger partial charge < -0.3 is 10.4 Å². The van der Waals surface area contributed by atoms with Gasteiger partial charge >= 0.3 is 0 Å². The zero-order valence-electron chi connectivity index (χ0n) is 10.4. The maximum absolute atomic E-state index is 10.1. The van der Waals surface area contributed by atoms with E-state index in [0.29, 0.717) is 6.04 Å². The SMILES string of the molecule is OC(CCCc1ccccc1)C1CCCCN1. The summed E-state index contributed by atoms with van der Waals surface area (Å²) in [5.41, 5.74) is 1.37. The second-order valence-electron chi connectivity index (χ2n) is 5.00. The summed E-state index contributed by atoms with van der Waals surface area (Å²) in [6, 6.07) is 10.9. The first-order valence-corrected chi connectivity index (χ1v) is 6.81. The number of benzene rings is 1. The van der Waals surface area contributed by atoms with Crippen LogP contribution in [0, 0.1) is 0 Å². The molecule has 1 aliphatic rings. The van der Waals surface area contributed by atoms with Crippen molar-refractivity contribution in [2.45, 2.75) is 50.7 Å². The molecular formula is C15H23NO. The standard InChI is InChI=1S/C15H23NO/c17-15(14-10-4-5-12-16-14)11-6-9-13-7-2-1-3-8-13/h1-3,7-8,14-17H,4-6,9-12H2. The second-order valence-corrected chi connectivity index (χ2v) is 5.00. The topological polar surface area (TPSA) is 32.3 Å². The maximum atomic E-state index is 10.1. The van der Waals surface area contributed by atoms with Crippen molar-refractivity contribution in [1.29, 1.82) is 0 Å². The predicted molar refractivity (Wildman–Crippen MR) is 71.0 cm³/mol. The highest BCUT2D eigenvalue weighted by Gasteiger charge is 2.20. The summed E-state index contributed by atoms with van der Waals surface area (Å²) in [4.78, 5) is 0. The van der Waals surface area contributed by atoms with Crippen molar-refractivity contribution in [3.8, 4) is 0 Å². The van der Waals surface area contributed by atoms with Gasteiger partial charge in [0, 0.05) is 6.04 Å². The van der Waals surface area contributed by atoms with Gasteiger partial charge in [0.15, 0.2) is 0 Å². The van der Waals surface area contributed by atoms with Crippen molar-refractivity contribution in [2.75, 3.05) is 6.54 Å². The number of hydrogen-bond acceptors (Lipinski definition) is 2. The number of aryl methyl sites for hydroxylation is 1. The molecule has 1 aromatic rings. The second kappa shape index (κ2) is 6.77. The van der Waals surface area contributed by atoms with Crippen LogP contribution in [0.15, 0.2) is 30.3 Å². The largest absolute Gasteiger partial charge is 0.392 e. The van der Waals surface area contributed by atoms with Gasteiger partial charge in [0.05, 0.1) is 6.10 Å². The molecule has 2 unspecified atom stereocenters. The monoisotopic (exact) mass is 233 g/mol. The lowest BCUT2D eigenvalue weighted by Gasteiger charge is -2.28. The lowest BCUT2D eigenvalue weighted by Crippen LogP contribution is -2.43. The van der Waals surface area contributed by atoms with E-state index in [4.69, 9.17) is 0 Å². The van der Waals surface area contributed by atoms with Crippen molar-refractivity contribution < 1.29 is 5.11 Å². The summed E-state index contributed by atoms with van der Waals surface area (Å²) in [6.45, 7) is 1.07. The summed E-state index contributed by atoms with van der Waals surface area (Å²) in [5, 5.41) is 13.5. The Morgan fingerprint density at radius 1 is 1.24 bits per heavy atom. The summed E-state index contributed by atoms with van der Waals surface area (Å²) in [5.74, 6) is 0. The van der Waals surface area contributed by atoms with Gasteiger partial charge in [-0.15, -0.1) is 0 Å². The lowest BCUT2D eigenvalue weighted by atomic mass is 9.95. The molecule has 0 bridgehead atoms. The fraction of sp³-hybridized carbons (Fsp3) is 0.600. The first-order chi connectivity index (χ1) is 8.36. The van der Waals surface area contributed by atoms with Gasteiger partial charge in [-0.3, -0.25) is 0 Å². The van der Waals surface area contributed by atoms with Crippen LogP contribution in [0.1, 0.15) is 37.7 Å². The summed E-state index contributed by atoms with van der Waals surface area (Å²) < 4.78 is 0. The van der Waals surface area contributed by atoms with Crippen molar-refractivity contribution in [2.24, 2.45) is 0 Å². The molecule has 94 valence electrons. The molecule has 1 heterocycles. The molecule has 2 rings (SSSR count). The highest BCUT2D eigenvalue weighted by atomic mass is 16.3. The molecule has 2 N–H and O–H groups in total. The number of piperidine rings is 1. The van der Waals surface area contributed by atoms with Crippen LogP contribution in [-0.2, 0) is 6.42 Å². The Morgan fingerprint density at radius 3 is 2.76 bits per heavy atom. The summed E-state index contributed by atoms with van der Waals surface area (Å²) >= 11 is 0. The zero-order chi connectivity index (χ0) is 11.9. The average Bonchev–Trinajstić information content (AvgIpc) is 2.41. The fourth-order valence-corrected chi connectivity index (χ4v) is 2.57. The minimum atomic E-state index is -0.168. The quantitative estimate of drug-likeness (QED) is 0.819. The van der Waals surface area contributed by atoms with Crippen molar-refractivity contribution in [3.05, 3.63) is 35.9 Å². The van der Waals surface area contributed by atoms with Crippen LogP contribution in [0.25, 0.3) is 0 Å². The van der Waals surface area contributed by atoms with Gasteiger partial charge in [-0.1, -0.05) is 36.8 Å². The number of aliphatic hydroxyl groups excluding tert-OH is 1. The number of nitrogens with one attached hydrogen (secondary N) is 1. The first-order valence-electron chi connectivity index (χ1n) is 6.81. The van der Waals surface area contributed by atoms with Gasteiger partial charge in [-0.05, 0) is 44.2 Å².